The van der Waals surface area contributed by atoms with Crippen LogP contribution in [0.2, 0.25) is 0 Å². The van der Waals surface area contributed by atoms with Gasteiger partial charge in [-0.2, -0.15) is 0 Å². The molecular weight excluding hydrogens is 604 g/mol. The van der Waals surface area contributed by atoms with Crippen LogP contribution >= 0.6 is 15.9 Å². The molecule has 2 heterocycles. The summed E-state index contributed by atoms with van der Waals surface area (Å²) in [5.41, 5.74) is 3.73. The highest BCUT2D eigenvalue weighted by molar-refractivity contribution is 9.10. The Kier molecular flexibility index (Phi) is 8.91. The van der Waals surface area contributed by atoms with E-state index in [1.807, 2.05) is 71.6 Å². The normalized spacial score (nSPS) is 19.6. The third-order valence-electron chi connectivity index (χ3n) is 8.14. The Morgan fingerprint density at radius 3 is 2.23 bits per heavy atom. The fourth-order valence-corrected chi connectivity index (χ4v) is 6.30. The Morgan fingerprint density at radius 2 is 1.53 bits per heavy atom. The number of likely N-dealkylation sites (tertiary alicyclic amines) is 1. The molecule has 1 saturated heterocycles. The summed E-state index contributed by atoms with van der Waals surface area (Å²) in [6.07, 6.45) is 2.32. The lowest BCUT2D eigenvalue weighted by molar-refractivity contribution is -0.138. The minimum Gasteiger partial charge on any atom is -0.494 e. The number of rotatable bonds is 10. The molecule has 0 radical (unpaired) electrons. The molecule has 2 atom stereocenters. The summed E-state index contributed by atoms with van der Waals surface area (Å²) in [5.74, 6) is 1.15. The largest absolute Gasteiger partial charge is 0.494 e. The van der Waals surface area contributed by atoms with Crippen LogP contribution in [0.1, 0.15) is 42.1 Å². The van der Waals surface area contributed by atoms with E-state index in [0.717, 1.165) is 58.2 Å². The molecule has 2 aliphatic heterocycles. The lowest BCUT2D eigenvalue weighted by Crippen LogP contribution is -2.51. The molecule has 4 aromatic carbocycles. The van der Waals surface area contributed by atoms with Crippen LogP contribution in [0, 0.1) is 0 Å². The van der Waals surface area contributed by atoms with Gasteiger partial charge in [-0.1, -0.05) is 88.7 Å². The Morgan fingerprint density at radius 1 is 0.884 bits per heavy atom. The van der Waals surface area contributed by atoms with Gasteiger partial charge in [-0.05, 0) is 65.4 Å². The first-order valence-electron chi connectivity index (χ1n) is 14.9. The SMILES string of the molecule is O=C(N1CCCC1)[C@]1(Cc2ccccc2Br)N=C(c2ccc(OCCCO)cc2)O[C@@H]1c1ccc(-c2ccccc2)cc1. The van der Waals surface area contributed by atoms with Crippen LogP contribution in [0.4, 0.5) is 0 Å². The molecule has 0 bridgehead atoms. The van der Waals surface area contributed by atoms with Crippen LogP contribution in [-0.4, -0.2) is 53.7 Å². The second-order valence-electron chi connectivity index (χ2n) is 11.0. The van der Waals surface area contributed by atoms with Gasteiger partial charge in [-0.3, -0.25) is 4.79 Å². The zero-order chi connectivity index (χ0) is 29.6. The lowest BCUT2D eigenvalue weighted by atomic mass is 9.81. The first kappa shape index (κ1) is 29.1. The molecule has 0 spiro atoms. The smallest absolute Gasteiger partial charge is 0.255 e. The topological polar surface area (TPSA) is 71.4 Å². The molecule has 7 heteroatoms. The van der Waals surface area contributed by atoms with Crippen molar-refractivity contribution in [1.29, 1.82) is 0 Å². The summed E-state index contributed by atoms with van der Waals surface area (Å²) in [6.45, 7) is 1.97. The van der Waals surface area contributed by atoms with E-state index in [2.05, 4.69) is 52.3 Å². The van der Waals surface area contributed by atoms with Crippen molar-refractivity contribution in [3.63, 3.8) is 0 Å². The minimum absolute atomic E-state index is 0.00292. The fraction of sp³-hybridized carbons (Fsp3) is 0.278. The van der Waals surface area contributed by atoms with Crippen molar-refractivity contribution in [2.24, 2.45) is 4.99 Å². The average Bonchev–Trinajstić information content (AvgIpc) is 3.73. The number of aliphatic hydroxyl groups is 1. The molecule has 1 amide bonds. The first-order valence-corrected chi connectivity index (χ1v) is 15.7. The maximum Gasteiger partial charge on any atom is 0.255 e. The Labute approximate surface area is 261 Å². The van der Waals surface area contributed by atoms with Gasteiger partial charge >= 0.3 is 0 Å². The van der Waals surface area contributed by atoms with Gasteiger partial charge in [0.2, 0.25) is 5.90 Å². The monoisotopic (exact) mass is 638 g/mol. The maximum absolute atomic E-state index is 14.6. The van der Waals surface area contributed by atoms with Crippen LogP contribution in [-0.2, 0) is 16.0 Å². The Hall–Kier alpha value is -3.94. The summed E-state index contributed by atoms with van der Waals surface area (Å²) < 4.78 is 13.4. The van der Waals surface area contributed by atoms with Crippen molar-refractivity contribution in [2.75, 3.05) is 26.3 Å². The van der Waals surface area contributed by atoms with E-state index < -0.39 is 11.6 Å². The number of aliphatic imine (C=N–C) groups is 1. The molecule has 0 unspecified atom stereocenters. The number of nitrogens with zero attached hydrogens (tertiary/aromatic N) is 2. The predicted molar refractivity (Wildman–Crippen MR) is 172 cm³/mol. The molecule has 0 saturated carbocycles. The van der Waals surface area contributed by atoms with Crippen molar-refractivity contribution < 1.29 is 19.4 Å². The number of hydrogen-bond donors (Lipinski definition) is 1. The van der Waals surface area contributed by atoms with Gasteiger partial charge in [0, 0.05) is 42.6 Å². The summed E-state index contributed by atoms with van der Waals surface area (Å²) in [5, 5.41) is 9.07. The standard InChI is InChI=1S/C36H35BrN2O4/c37-32-12-5-4-11-30(32)25-36(35(41)39-21-6-7-22-39)33(28-15-13-27(14-16-28)26-9-2-1-3-10-26)43-34(38-36)29-17-19-31(20-18-29)42-24-8-23-40/h1-5,9-20,33,40H,6-8,21-25H2/t33-,36-/m1/s1. The summed E-state index contributed by atoms with van der Waals surface area (Å²) >= 11 is 3.72. The quantitative estimate of drug-likeness (QED) is 0.190. The van der Waals surface area contributed by atoms with E-state index >= 15 is 0 Å². The minimum atomic E-state index is -1.19. The molecule has 2 aliphatic rings. The maximum atomic E-state index is 14.6. The van der Waals surface area contributed by atoms with E-state index in [4.69, 9.17) is 19.6 Å². The number of carbonyl (C=O) groups is 1. The van der Waals surface area contributed by atoms with Gasteiger partial charge in [0.15, 0.2) is 11.6 Å². The van der Waals surface area contributed by atoms with Crippen molar-refractivity contribution in [3.05, 3.63) is 124 Å². The molecule has 6 nitrogen and oxygen atoms in total. The van der Waals surface area contributed by atoms with Crippen LogP contribution in [0.15, 0.2) is 113 Å². The van der Waals surface area contributed by atoms with Crippen LogP contribution in [0.25, 0.3) is 11.1 Å². The van der Waals surface area contributed by atoms with Crippen LogP contribution in [0.3, 0.4) is 0 Å². The highest BCUT2D eigenvalue weighted by Crippen LogP contribution is 2.45. The second kappa shape index (κ2) is 13.1. The average molecular weight is 640 g/mol. The van der Waals surface area contributed by atoms with Crippen LogP contribution in [0.5, 0.6) is 5.75 Å². The molecule has 1 fully saturated rings. The van der Waals surface area contributed by atoms with Gasteiger partial charge in [0.1, 0.15) is 5.75 Å². The third kappa shape index (κ3) is 6.24. The summed E-state index contributed by atoms with van der Waals surface area (Å²) in [6, 6.07) is 34.2. The number of ether oxygens (including phenoxy) is 2. The van der Waals surface area contributed by atoms with Gasteiger partial charge in [0.25, 0.3) is 5.91 Å². The second-order valence-corrected chi connectivity index (χ2v) is 11.9. The number of hydrogen-bond acceptors (Lipinski definition) is 5. The highest BCUT2D eigenvalue weighted by atomic mass is 79.9. The molecule has 4 aromatic rings. The molecule has 6 rings (SSSR count). The molecule has 1 N–H and O–H groups in total. The van der Waals surface area contributed by atoms with E-state index in [0.29, 0.717) is 31.1 Å². The third-order valence-corrected chi connectivity index (χ3v) is 8.91. The molecule has 0 aromatic heterocycles. The molecule has 0 aliphatic carbocycles. The van der Waals surface area contributed by atoms with Crippen molar-refractivity contribution in [3.8, 4) is 16.9 Å². The number of halogens is 1. The summed E-state index contributed by atoms with van der Waals surface area (Å²) in [4.78, 5) is 21.8. The van der Waals surface area contributed by atoms with E-state index in [9.17, 15) is 4.79 Å². The van der Waals surface area contributed by atoms with Crippen LogP contribution < -0.4 is 4.74 Å². The molecular formula is C36H35BrN2O4. The van der Waals surface area contributed by atoms with Gasteiger partial charge < -0.3 is 19.5 Å². The van der Waals surface area contributed by atoms with Gasteiger partial charge in [0.05, 0.1) is 6.61 Å². The zero-order valence-electron chi connectivity index (χ0n) is 24.0. The van der Waals surface area contributed by atoms with Gasteiger partial charge in [-0.25, -0.2) is 4.99 Å². The number of benzene rings is 4. The highest BCUT2D eigenvalue weighted by Gasteiger charge is 2.55. The zero-order valence-corrected chi connectivity index (χ0v) is 25.6. The number of amides is 1. The van der Waals surface area contributed by atoms with Crippen molar-refractivity contribution in [2.45, 2.75) is 37.3 Å². The first-order chi connectivity index (χ1) is 21.1. The van der Waals surface area contributed by atoms with Gasteiger partial charge in [-0.15, -0.1) is 0 Å². The molecule has 220 valence electrons. The Bertz CT molecular complexity index is 1570. The van der Waals surface area contributed by atoms with E-state index in [1.54, 1.807) is 0 Å². The van der Waals surface area contributed by atoms with E-state index in [-0.39, 0.29) is 12.5 Å². The molecule has 43 heavy (non-hydrogen) atoms. The van der Waals surface area contributed by atoms with Crippen molar-refractivity contribution in [1.82, 2.24) is 4.90 Å². The number of carbonyl (C=O) groups excluding carboxylic acids is 1. The van der Waals surface area contributed by atoms with Crippen molar-refractivity contribution >= 4 is 27.7 Å². The Balaban J connectivity index is 1.42. The summed E-state index contributed by atoms with van der Waals surface area (Å²) in [7, 11) is 0. The fourth-order valence-electron chi connectivity index (χ4n) is 5.87. The number of aliphatic hydroxyl groups excluding tert-OH is 1. The lowest BCUT2D eigenvalue weighted by Gasteiger charge is -2.34. The van der Waals surface area contributed by atoms with E-state index in [1.165, 1.54) is 0 Å². The predicted octanol–water partition coefficient (Wildman–Crippen LogP) is 7.00.